The van der Waals surface area contributed by atoms with Gasteiger partial charge in [0.25, 0.3) is 0 Å². The number of hydrogen-bond donors (Lipinski definition) is 3. The Morgan fingerprint density at radius 2 is 0.969 bits per heavy atom. The van der Waals surface area contributed by atoms with E-state index in [4.69, 9.17) is 0 Å². The fourth-order valence-electron chi connectivity index (χ4n) is 5.42. The Labute approximate surface area is 187 Å². The maximum atomic E-state index is 3.52. The number of H-pyrrole nitrogens is 3. The van der Waals surface area contributed by atoms with Crippen molar-refractivity contribution in [3.8, 4) is 0 Å². The van der Waals surface area contributed by atoms with Crippen molar-refractivity contribution >= 4 is 32.7 Å². The van der Waals surface area contributed by atoms with Crippen molar-refractivity contribution in [2.45, 2.75) is 31.6 Å². The van der Waals surface area contributed by atoms with E-state index < -0.39 is 0 Å². The molecule has 32 heavy (non-hydrogen) atoms. The highest BCUT2D eigenvalue weighted by atomic mass is 14.7. The van der Waals surface area contributed by atoms with Gasteiger partial charge in [-0.2, -0.15) is 0 Å². The lowest BCUT2D eigenvalue weighted by Crippen LogP contribution is -2.07. The number of para-hydroxylation sites is 3. The number of benzene rings is 3. The standard InChI is InChI=1S/C29H27N3/c1-2-19(24-16-30-27-12-6-3-9-20(24)27)15-23(25-17-31-28-13-7-4-10-21(25)28)26-18-32-29-14-8-5-11-22(26)29/h3-14,16-19,23,30-32H,2,15H2,1H3. The Hall–Kier alpha value is -3.72. The molecule has 158 valence electrons. The van der Waals surface area contributed by atoms with Crippen LogP contribution in [0.15, 0.2) is 91.4 Å². The van der Waals surface area contributed by atoms with Gasteiger partial charge in [0, 0.05) is 57.2 Å². The van der Waals surface area contributed by atoms with Crippen molar-refractivity contribution in [3.63, 3.8) is 0 Å². The molecule has 1 atom stereocenters. The fraction of sp³-hybridized carbons (Fsp3) is 0.172. The summed E-state index contributed by atoms with van der Waals surface area (Å²) in [5.74, 6) is 0.749. The fourth-order valence-corrected chi connectivity index (χ4v) is 5.42. The van der Waals surface area contributed by atoms with Gasteiger partial charge in [0.05, 0.1) is 0 Å². The van der Waals surface area contributed by atoms with Gasteiger partial charge in [0.2, 0.25) is 0 Å². The first-order valence-electron chi connectivity index (χ1n) is 11.5. The summed E-state index contributed by atoms with van der Waals surface area (Å²) in [6.07, 6.45) is 8.82. The highest BCUT2D eigenvalue weighted by Crippen LogP contribution is 2.43. The normalized spacial score (nSPS) is 12.9. The minimum Gasteiger partial charge on any atom is -0.361 e. The molecule has 0 spiro atoms. The Balaban J connectivity index is 1.50. The minimum absolute atomic E-state index is 0.293. The van der Waals surface area contributed by atoms with Crippen LogP contribution in [0, 0.1) is 0 Å². The Morgan fingerprint density at radius 3 is 1.44 bits per heavy atom. The largest absolute Gasteiger partial charge is 0.361 e. The molecule has 0 amide bonds. The quantitative estimate of drug-likeness (QED) is 0.247. The zero-order valence-electron chi connectivity index (χ0n) is 18.2. The van der Waals surface area contributed by atoms with Gasteiger partial charge in [-0.15, -0.1) is 0 Å². The second-order valence-corrected chi connectivity index (χ2v) is 8.76. The number of rotatable bonds is 6. The van der Waals surface area contributed by atoms with Crippen LogP contribution < -0.4 is 0 Å². The van der Waals surface area contributed by atoms with Crippen molar-refractivity contribution < 1.29 is 0 Å². The molecule has 6 rings (SSSR count). The SMILES string of the molecule is CCC(CC(c1c[nH]c2ccccc12)c1c[nH]c2ccccc12)c1c[nH]c2ccccc12. The monoisotopic (exact) mass is 417 g/mol. The third-order valence-electron chi connectivity index (χ3n) is 7.07. The van der Waals surface area contributed by atoms with E-state index in [9.17, 15) is 0 Å². The Morgan fingerprint density at radius 1 is 0.562 bits per heavy atom. The molecule has 0 saturated carbocycles. The van der Waals surface area contributed by atoms with Crippen molar-refractivity contribution in [2.75, 3.05) is 0 Å². The van der Waals surface area contributed by atoms with Crippen LogP contribution in [0.4, 0.5) is 0 Å². The lowest BCUT2D eigenvalue weighted by molar-refractivity contribution is 0.569. The molecule has 3 nitrogen and oxygen atoms in total. The molecule has 0 aliphatic heterocycles. The van der Waals surface area contributed by atoms with E-state index in [0.717, 1.165) is 12.8 Å². The average molecular weight is 418 g/mol. The second-order valence-electron chi connectivity index (χ2n) is 8.76. The van der Waals surface area contributed by atoms with Gasteiger partial charge in [-0.05, 0) is 53.6 Å². The lowest BCUT2D eigenvalue weighted by atomic mass is 9.80. The molecule has 6 aromatic rings. The zero-order chi connectivity index (χ0) is 21.5. The smallest absolute Gasteiger partial charge is 0.0457 e. The molecule has 3 heteroatoms. The third-order valence-corrected chi connectivity index (χ3v) is 7.07. The van der Waals surface area contributed by atoms with Crippen LogP contribution in [0.1, 0.15) is 48.3 Å². The summed E-state index contributed by atoms with van der Waals surface area (Å²) in [5.41, 5.74) is 7.80. The van der Waals surface area contributed by atoms with Crippen molar-refractivity contribution in [2.24, 2.45) is 0 Å². The molecule has 3 heterocycles. The molecule has 0 fully saturated rings. The summed E-state index contributed by atoms with van der Waals surface area (Å²) in [6, 6.07) is 26.0. The zero-order valence-corrected chi connectivity index (χ0v) is 18.2. The number of aromatic amines is 3. The molecule has 3 N–H and O–H groups in total. The van der Waals surface area contributed by atoms with Crippen LogP contribution in [0.5, 0.6) is 0 Å². The molecule has 0 saturated heterocycles. The molecule has 0 aliphatic rings. The van der Waals surface area contributed by atoms with E-state index in [2.05, 4.69) is 113 Å². The summed E-state index contributed by atoms with van der Waals surface area (Å²) in [7, 11) is 0. The topological polar surface area (TPSA) is 47.4 Å². The summed E-state index contributed by atoms with van der Waals surface area (Å²) < 4.78 is 0. The maximum absolute atomic E-state index is 3.52. The first-order valence-corrected chi connectivity index (χ1v) is 11.5. The van der Waals surface area contributed by atoms with Crippen LogP contribution in [0.25, 0.3) is 32.7 Å². The van der Waals surface area contributed by atoms with E-state index in [1.165, 1.54) is 49.4 Å². The Kier molecular flexibility index (Phi) is 4.61. The summed E-state index contributed by atoms with van der Waals surface area (Å²) >= 11 is 0. The highest BCUT2D eigenvalue weighted by Gasteiger charge is 2.26. The molecular formula is C29H27N3. The van der Waals surface area contributed by atoms with Gasteiger partial charge < -0.3 is 15.0 Å². The molecule has 0 aliphatic carbocycles. The molecule has 0 bridgehead atoms. The van der Waals surface area contributed by atoms with Crippen LogP contribution in [-0.2, 0) is 0 Å². The molecule has 3 aromatic carbocycles. The maximum Gasteiger partial charge on any atom is 0.0457 e. The number of hydrogen-bond acceptors (Lipinski definition) is 0. The predicted molar refractivity (Wildman–Crippen MR) is 134 cm³/mol. The molecular weight excluding hydrogens is 390 g/mol. The van der Waals surface area contributed by atoms with Gasteiger partial charge in [0.15, 0.2) is 0 Å². The third kappa shape index (κ3) is 3.04. The van der Waals surface area contributed by atoms with Crippen molar-refractivity contribution in [3.05, 3.63) is 108 Å². The van der Waals surface area contributed by atoms with Gasteiger partial charge in [-0.25, -0.2) is 0 Å². The summed E-state index contributed by atoms with van der Waals surface area (Å²) in [6.45, 7) is 2.31. The van der Waals surface area contributed by atoms with Gasteiger partial charge in [0.1, 0.15) is 0 Å². The van der Waals surface area contributed by atoms with Crippen LogP contribution in [0.3, 0.4) is 0 Å². The number of fused-ring (bicyclic) bond motifs is 3. The van der Waals surface area contributed by atoms with Crippen molar-refractivity contribution in [1.29, 1.82) is 0 Å². The van der Waals surface area contributed by atoms with Crippen LogP contribution in [-0.4, -0.2) is 15.0 Å². The summed E-state index contributed by atoms with van der Waals surface area (Å²) in [4.78, 5) is 10.5. The first kappa shape index (κ1) is 19.0. The summed E-state index contributed by atoms with van der Waals surface area (Å²) in [5, 5.41) is 3.98. The van der Waals surface area contributed by atoms with Crippen LogP contribution >= 0.6 is 0 Å². The van der Waals surface area contributed by atoms with E-state index in [1.54, 1.807) is 0 Å². The molecule has 1 unspecified atom stereocenters. The molecule has 0 radical (unpaired) electrons. The molecule has 3 aromatic heterocycles. The van der Waals surface area contributed by atoms with Gasteiger partial charge >= 0.3 is 0 Å². The highest BCUT2D eigenvalue weighted by molar-refractivity contribution is 5.88. The number of nitrogens with one attached hydrogen (secondary N) is 3. The minimum atomic E-state index is 0.293. The lowest BCUT2D eigenvalue weighted by Gasteiger charge is -2.23. The van der Waals surface area contributed by atoms with Gasteiger partial charge in [-0.1, -0.05) is 61.5 Å². The van der Waals surface area contributed by atoms with E-state index in [-0.39, 0.29) is 0 Å². The van der Waals surface area contributed by atoms with E-state index in [1.807, 2.05) is 0 Å². The second kappa shape index (κ2) is 7.76. The van der Waals surface area contributed by atoms with Crippen LogP contribution in [0.2, 0.25) is 0 Å². The first-order chi connectivity index (χ1) is 15.8. The van der Waals surface area contributed by atoms with E-state index in [0.29, 0.717) is 11.8 Å². The van der Waals surface area contributed by atoms with Crippen molar-refractivity contribution in [1.82, 2.24) is 15.0 Å². The Bertz CT molecular complexity index is 1440. The van der Waals surface area contributed by atoms with Gasteiger partial charge in [-0.3, -0.25) is 0 Å². The van der Waals surface area contributed by atoms with E-state index >= 15 is 0 Å². The predicted octanol–water partition coefficient (Wildman–Crippen LogP) is 7.85. The average Bonchev–Trinajstić information content (AvgIpc) is 3.57. The number of aromatic nitrogens is 3.